The van der Waals surface area contributed by atoms with Crippen LogP contribution in [-0.2, 0) is 41.6 Å². The van der Waals surface area contributed by atoms with Crippen molar-refractivity contribution in [3.63, 3.8) is 0 Å². The Morgan fingerprint density at radius 3 is 1.28 bits per heavy atom. The topological polar surface area (TPSA) is 302 Å². The number of nitrogens with zero attached hydrogens (tertiary/aromatic N) is 4. The zero-order valence-electron chi connectivity index (χ0n) is 49.5. The van der Waals surface area contributed by atoms with Gasteiger partial charge >= 0.3 is 0 Å². The van der Waals surface area contributed by atoms with E-state index >= 15 is 0 Å². The molecule has 2 heterocycles. The van der Waals surface area contributed by atoms with Crippen molar-refractivity contribution in [2.24, 2.45) is 22.7 Å². The Balaban J connectivity index is 0.00000516. The van der Waals surface area contributed by atoms with E-state index in [2.05, 4.69) is 31.9 Å². The summed E-state index contributed by atoms with van der Waals surface area (Å²) in [5, 5.41) is 41.2. The third kappa shape index (κ3) is 16.8. The number of aryl methyl sites for hydroxylation is 2. The highest BCUT2D eigenvalue weighted by Crippen LogP contribution is 2.38. The quantitative estimate of drug-likeness (QED) is 0.0370. The number of carbonyl (C=O) groups is 8. The number of amides is 6. The molecule has 3 aromatic carbocycles. The zero-order chi connectivity index (χ0) is 60.1. The van der Waals surface area contributed by atoms with Crippen LogP contribution in [0.1, 0.15) is 169 Å². The van der Waals surface area contributed by atoms with Crippen molar-refractivity contribution in [2.45, 2.75) is 175 Å². The monoisotopic (exact) mass is 1220 g/mol. The van der Waals surface area contributed by atoms with E-state index < -0.39 is 116 Å². The average Bonchev–Trinajstić information content (AvgIpc) is 2.26. The summed E-state index contributed by atoms with van der Waals surface area (Å²) < 4.78 is 0. The summed E-state index contributed by atoms with van der Waals surface area (Å²) in [5.74, 6) is -4.63. The molecule has 4 aliphatic rings. The second-order valence-electron chi connectivity index (χ2n) is 24.9. The molecule has 0 spiro atoms. The number of benzene rings is 3. The van der Waals surface area contributed by atoms with Crippen molar-refractivity contribution in [1.82, 2.24) is 41.7 Å². The maximum Gasteiger partial charge on any atom is 0.269 e. The lowest BCUT2D eigenvalue weighted by atomic mass is 9.85. The van der Waals surface area contributed by atoms with Gasteiger partial charge in [-0.05, 0) is 130 Å². The molecule has 2 fully saturated rings. The van der Waals surface area contributed by atoms with E-state index in [4.69, 9.17) is 0 Å². The normalized spacial score (nSPS) is 21.3. The molecule has 6 amide bonds. The van der Waals surface area contributed by atoms with Crippen LogP contribution in [0.2, 0.25) is 0 Å². The second kappa shape index (κ2) is 29.5. The van der Waals surface area contributed by atoms with Gasteiger partial charge < -0.3 is 41.7 Å². The molecule has 6 N–H and O–H groups in total. The molecule has 0 saturated carbocycles. The third-order valence-electron chi connectivity index (χ3n) is 16.8. The van der Waals surface area contributed by atoms with Crippen LogP contribution < -0.4 is 31.9 Å². The van der Waals surface area contributed by atoms with Gasteiger partial charge in [-0.1, -0.05) is 79.3 Å². The summed E-state index contributed by atoms with van der Waals surface area (Å²) in [5.41, 5.74) is 1.59. The van der Waals surface area contributed by atoms with Gasteiger partial charge in [0.05, 0.1) is 34.0 Å². The number of fused-ring (bicyclic) bond motifs is 2. The number of hydrogen-bond donors (Lipinski definition) is 6. The number of non-ortho nitro benzene ring substituents is 2. The van der Waals surface area contributed by atoms with Gasteiger partial charge in [0.15, 0.2) is 11.6 Å². The van der Waals surface area contributed by atoms with Crippen LogP contribution in [0.15, 0.2) is 60.7 Å². The highest BCUT2D eigenvalue weighted by molar-refractivity contribution is 6.02. The van der Waals surface area contributed by atoms with E-state index in [0.29, 0.717) is 49.7 Å². The Morgan fingerprint density at radius 1 is 0.588 bits per heavy atom. The van der Waals surface area contributed by atoms with E-state index in [-0.39, 0.29) is 105 Å². The molecule has 0 radical (unpaired) electrons. The Labute approximate surface area is 510 Å². The maximum absolute atomic E-state index is 14.8. The van der Waals surface area contributed by atoms with E-state index in [9.17, 15) is 58.6 Å². The molecule has 2 saturated heterocycles. The average molecular weight is 1220 g/mol. The zero-order valence-corrected chi connectivity index (χ0v) is 51.2. The molecule has 10 atom stereocenters. The van der Waals surface area contributed by atoms with Gasteiger partial charge in [0.2, 0.25) is 35.4 Å². The van der Waals surface area contributed by atoms with Crippen LogP contribution in [0.25, 0.3) is 0 Å². The van der Waals surface area contributed by atoms with Gasteiger partial charge in [0, 0.05) is 61.3 Å². The number of likely N-dealkylation sites (tertiary alicyclic amines) is 2. The molecule has 0 aromatic heterocycles. The molecule has 85 heavy (non-hydrogen) atoms. The number of hydrogen-bond acceptors (Lipinski definition) is 14. The fraction of sp³-hybridized carbons (Fsp3) is 0.574. The molecule has 2 unspecified atom stereocenters. The third-order valence-corrected chi connectivity index (χ3v) is 16.8. The van der Waals surface area contributed by atoms with Crippen LogP contribution in [0.4, 0.5) is 11.4 Å². The lowest BCUT2D eigenvalue weighted by Gasteiger charge is -2.36. The molecular formula is C61H86Cl2N10O12. The lowest BCUT2D eigenvalue weighted by Crippen LogP contribution is -2.59. The van der Waals surface area contributed by atoms with E-state index in [1.165, 1.54) is 40.1 Å². The fourth-order valence-corrected chi connectivity index (χ4v) is 11.8. The Kier molecular flexibility index (Phi) is 24.5. The van der Waals surface area contributed by atoms with E-state index in [1.807, 2.05) is 0 Å². The molecule has 2 aliphatic heterocycles. The number of nitro groups is 2. The van der Waals surface area contributed by atoms with Crippen LogP contribution in [0.5, 0.6) is 0 Å². The number of likely N-dealkylation sites (N-methyl/N-ethyl adjacent to an activating group) is 2. The Hall–Kier alpha value is -6.88. The van der Waals surface area contributed by atoms with Crippen LogP contribution in [0, 0.1) is 42.9 Å². The molecule has 466 valence electrons. The summed E-state index contributed by atoms with van der Waals surface area (Å²) in [6, 6.07) is 8.77. The molecule has 0 bridgehead atoms. The first-order valence-electron chi connectivity index (χ1n) is 28.5. The summed E-state index contributed by atoms with van der Waals surface area (Å²) in [7, 11) is 3.24. The first-order chi connectivity index (χ1) is 38.6. The van der Waals surface area contributed by atoms with Gasteiger partial charge in [0.25, 0.3) is 11.4 Å². The minimum absolute atomic E-state index is 0. The summed E-state index contributed by atoms with van der Waals surface area (Å²) >= 11 is 0. The van der Waals surface area contributed by atoms with Crippen molar-refractivity contribution in [3.8, 4) is 0 Å². The van der Waals surface area contributed by atoms with Crippen LogP contribution in [0.3, 0.4) is 0 Å². The number of ketones is 2. The van der Waals surface area contributed by atoms with Gasteiger partial charge in [-0.15, -0.1) is 24.8 Å². The number of halogens is 2. The number of nitrogens with one attached hydrogen (secondary N) is 6. The smallest absolute Gasteiger partial charge is 0.269 e. The highest BCUT2D eigenvalue weighted by Gasteiger charge is 2.48. The molecule has 24 heteroatoms. The number of nitro benzene ring substituents is 2. The van der Waals surface area contributed by atoms with E-state index in [0.717, 1.165) is 11.1 Å². The first-order valence-corrected chi connectivity index (χ1v) is 28.5. The SMILES string of the molecule is C.CN[C@@H](C)C(=O)N[C@H](C(=O)N1C[C@@H](CC(=O)c2cccc(C(=O)C[C@H]3C[C@@H](C(=O)NC4CCCc5ccc([N+](=O)[O-])cc54)N(C(=O)[C@@H](NC(=O)[C@H](C)NC)C(C)(C)C)C3)c2)C[C@H]1C(=O)NC1CCCc2ccc([N+](=O)[O-])cc21)C(C)(C)C.Cl.Cl. The summed E-state index contributed by atoms with van der Waals surface area (Å²) in [6.45, 7) is 14.1. The van der Waals surface area contributed by atoms with Gasteiger partial charge in [-0.2, -0.15) is 0 Å². The second-order valence-corrected chi connectivity index (χ2v) is 24.9. The first kappa shape index (κ1) is 70.6. The Morgan fingerprint density at radius 2 is 0.953 bits per heavy atom. The minimum atomic E-state index is -1.07. The maximum atomic E-state index is 14.8. The number of carbonyl (C=O) groups excluding carboxylic acids is 8. The predicted octanol–water partition coefficient (Wildman–Crippen LogP) is 7.23. The van der Waals surface area contributed by atoms with Gasteiger partial charge in [-0.25, -0.2) is 0 Å². The van der Waals surface area contributed by atoms with E-state index in [1.54, 1.807) is 99.8 Å². The highest BCUT2D eigenvalue weighted by atomic mass is 35.5. The predicted molar refractivity (Wildman–Crippen MR) is 326 cm³/mol. The van der Waals surface area contributed by atoms with Crippen molar-refractivity contribution in [3.05, 3.63) is 114 Å². The molecular weight excluding hydrogens is 1140 g/mol. The molecule has 7 rings (SSSR count). The van der Waals surface area contributed by atoms with Gasteiger partial charge in [-0.3, -0.25) is 58.6 Å². The van der Waals surface area contributed by atoms with Crippen LogP contribution in [-0.4, -0.2) is 130 Å². The van der Waals surface area contributed by atoms with Crippen LogP contribution >= 0.6 is 24.8 Å². The number of Topliss-reactive ketones (excluding diaryl/α,β-unsaturated/α-hetero) is 2. The standard InChI is InChI=1S/C60H80N10O12.CH4.2ClH/c1-33(61-9)53(73)65-51(59(3,4)5)57(77)67-31-35(24-47(67)55(75)63-45-18-12-14-37-20-22-41(69(79)80)29-43(37)45)26-49(71)39-16-11-17-40(28-39)50(72)27-36-25-48(68(32-36)58(78)52(60(6,7)8)66-54(74)34(2)62-10)56(76)64-46-19-13-15-38-21-23-42(70(81)82)30-44(38)46;;;/h11,16-17,20-23,28-30,33-36,45-48,51-52,61-62H,12-15,18-19,24-27,31-32H2,1-10H3,(H,63,75)(H,64,76)(H,65,73)(H,66,74);1H4;2*1H/t33-,34-,35+,36+,45?,46?,47-,48-,51+,52+;;;/m0.../s1. The van der Waals surface area contributed by atoms with Crippen molar-refractivity contribution in [2.75, 3.05) is 27.2 Å². The largest absolute Gasteiger partial charge is 0.347 e. The van der Waals surface area contributed by atoms with Crippen molar-refractivity contribution < 1.29 is 48.2 Å². The van der Waals surface area contributed by atoms with Crippen molar-refractivity contribution >= 4 is 83.2 Å². The van der Waals surface area contributed by atoms with Gasteiger partial charge in [0.1, 0.15) is 24.2 Å². The fourth-order valence-electron chi connectivity index (χ4n) is 11.8. The molecule has 2 aliphatic carbocycles. The lowest BCUT2D eigenvalue weighted by molar-refractivity contribution is -0.385. The Bertz CT molecular complexity index is 2810. The molecule has 22 nitrogen and oxygen atoms in total. The summed E-state index contributed by atoms with van der Waals surface area (Å²) in [6.07, 6.45) is 3.74. The molecule has 3 aromatic rings. The van der Waals surface area contributed by atoms with Crippen molar-refractivity contribution in [1.29, 1.82) is 0 Å². The summed E-state index contributed by atoms with van der Waals surface area (Å²) in [4.78, 5) is 139. The number of rotatable bonds is 20. The minimum Gasteiger partial charge on any atom is -0.347 e.